The van der Waals surface area contributed by atoms with E-state index in [4.69, 9.17) is 4.42 Å². The van der Waals surface area contributed by atoms with Gasteiger partial charge in [-0.3, -0.25) is 14.9 Å². The Morgan fingerprint density at radius 3 is 2.30 bits per heavy atom. The van der Waals surface area contributed by atoms with Crippen molar-refractivity contribution in [2.75, 3.05) is 5.32 Å². The zero-order valence-electron chi connectivity index (χ0n) is 15.9. The summed E-state index contributed by atoms with van der Waals surface area (Å²) < 4.78 is 5.68. The third-order valence-corrected chi connectivity index (χ3v) is 4.70. The normalized spacial score (nSPS) is 10.5. The summed E-state index contributed by atoms with van der Waals surface area (Å²) in [6, 6.07) is 26.9. The van der Waals surface area contributed by atoms with Gasteiger partial charge in [-0.15, -0.1) is 0 Å². The number of carbonyl (C=O) groups excluding carboxylic acids is 1. The maximum absolute atomic E-state index is 12.7. The number of para-hydroxylation sites is 1. The van der Waals surface area contributed by atoms with Crippen molar-refractivity contribution in [2.45, 2.75) is 6.42 Å². The quantitative estimate of drug-likeness (QED) is 0.334. The van der Waals surface area contributed by atoms with Crippen molar-refractivity contribution < 1.29 is 14.1 Å². The topological polar surface area (TPSA) is 85.4 Å². The first-order chi connectivity index (χ1) is 14.6. The maximum atomic E-state index is 12.7. The molecule has 0 aliphatic carbocycles. The molecular weight excluding hydrogens is 380 g/mol. The summed E-state index contributed by atoms with van der Waals surface area (Å²) in [5.74, 6) is 0.272. The Labute approximate surface area is 172 Å². The van der Waals surface area contributed by atoms with Gasteiger partial charge in [0.15, 0.2) is 5.76 Å². The van der Waals surface area contributed by atoms with Crippen molar-refractivity contribution in [2.24, 2.45) is 0 Å². The number of nitrogens with zero attached hydrogens (tertiary/aromatic N) is 1. The first-order valence-electron chi connectivity index (χ1n) is 9.38. The molecule has 0 spiro atoms. The molecule has 0 atom stereocenters. The Bertz CT molecular complexity index is 1180. The SMILES string of the molecule is O=C(Nc1ccccc1Cc1ccccc1)c1ccc(-c2ccc([N+](=O)[O-])cc2)o1. The van der Waals surface area contributed by atoms with Gasteiger partial charge in [-0.25, -0.2) is 0 Å². The molecule has 6 nitrogen and oxygen atoms in total. The molecule has 0 fully saturated rings. The number of anilines is 1. The van der Waals surface area contributed by atoms with E-state index in [1.54, 1.807) is 24.3 Å². The van der Waals surface area contributed by atoms with Crippen molar-refractivity contribution in [1.29, 1.82) is 0 Å². The molecule has 1 heterocycles. The minimum atomic E-state index is -0.461. The lowest BCUT2D eigenvalue weighted by Gasteiger charge is -2.10. The minimum Gasteiger partial charge on any atom is -0.451 e. The van der Waals surface area contributed by atoms with Crippen molar-refractivity contribution in [3.63, 3.8) is 0 Å². The van der Waals surface area contributed by atoms with E-state index in [2.05, 4.69) is 5.32 Å². The largest absolute Gasteiger partial charge is 0.451 e. The van der Waals surface area contributed by atoms with Gasteiger partial charge in [0.25, 0.3) is 11.6 Å². The average molecular weight is 398 g/mol. The zero-order chi connectivity index (χ0) is 20.9. The van der Waals surface area contributed by atoms with Crippen molar-refractivity contribution in [1.82, 2.24) is 0 Å². The molecule has 1 aromatic heterocycles. The molecule has 0 unspecified atom stereocenters. The fourth-order valence-corrected chi connectivity index (χ4v) is 3.16. The van der Waals surface area contributed by atoms with Crippen LogP contribution in [-0.4, -0.2) is 10.8 Å². The van der Waals surface area contributed by atoms with Gasteiger partial charge in [0.1, 0.15) is 5.76 Å². The van der Waals surface area contributed by atoms with Crippen LogP contribution in [0.3, 0.4) is 0 Å². The van der Waals surface area contributed by atoms with E-state index >= 15 is 0 Å². The van der Waals surface area contributed by atoms with E-state index in [9.17, 15) is 14.9 Å². The summed E-state index contributed by atoms with van der Waals surface area (Å²) in [5.41, 5.74) is 3.53. The Kier molecular flexibility index (Phi) is 5.39. The van der Waals surface area contributed by atoms with E-state index in [0.717, 1.165) is 16.8 Å². The number of carbonyl (C=O) groups is 1. The maximum Gasteiger partial charge on any atom is 0.291 e. The van der Waals surface area contributed by atoms with Crippen molar-refractivity contribution >= 4 is 17.3 Å². The van der Waals surface area contributed by atoms with E-state index in [1.165, 1.54) is 12.1 Å². The van der Waals surface area contributed by atoms with Crippen LogP contribution < -0.4 is 5.32 Å². The van der Waals surface area contributed by atoms with Crippen LogP contribution in [0, 0.1) is 10.1 Å². The Hall–Kier alpha value is -4.19. The number of hydrogen-bond acceptors (Lipinski definition) is 4. The number of benzene rings is 3. The monoisotopic (exact) mass is 398 g/mol. The number of non-ortho nitro benzene ring substituents is 1. The highest BCUT2D eigenvalue weighted by atomic mass is 16.6. The van der Waals surface area contributed by atoms with Crippen LogP contribution in [0.15, 0.2) is 95.4 Å². The van der Waals surface area contributed by atoms with E-state index in [0.29, 0.717) is 17.7 Å². The first kappa shape index (κ1) is 19.1. The Balaban J connectivity index is 1.51. The molecule has 0 saturated carbocycles. The summed E-state index contributed by atoms with van der Waals surface area (Å²) >= 11 is 0. The van der Waals surface area contributed by atoms with Gasteiger partial charge >= 0.3 is 0 Å². The summed E-state index contributed by atoms with van der Waals surface area (Å²) in [6.07, 6.45) is 0.698. The van der Waals surface area contributed by atoms with E-state index < -0.39 is 4.92 Å². The van der Waals surface area contributed by atoms with Crippen LogP contribution in [0.4, 0.5) is 11.4 Å². The number of hydrogen-bond donors (Lipinski definition) is 1. The van der Waals surface area contributed by atoms with Gasteiger partial charge in [0.05, 0.1) is 4.92 Å². The molecule has 0 saturated heterocycles. The molecule has 1 amide bonds. The summed E-state index contributed by atoms with van der Waals surface area (Å²) in [5, 5.41) is 13.7. The predicted octanol–water partition coefficient (Wildman–Crippen LogP) is 5.70. The fraction of sp³-hybridized carbons (Fsp3) is 0.0417. The van der Waals surface area contributed by atoms with Crippen LogP contribution in [0.1, 0.15) is 21.7 Å². The summed E-state index contributed by atoms with van der Waals surface area (Å²) in [7, 11) is 0. The molecule has 4 rings (SSSR count). The van der Waals surface area contributed by atoms with Gasteiger partial charge in [-0.05, 0) is 47.9 Å². The van der Waals surface area contributed by atoms with Crippen LogP contribution >= 0.6 is 0 Å². The van der Waals surface area contributed by atoms with Gasteiger partial charge in [0.2, 0.25) is 0 Å². The number of furan rings is 1. The molecule has 3 aromatic carbocycles. The second kappa shape index (κ2) is 8.45. The molecular formula is C24H18N2O4. The third kappa shape index (κ3) is 4.28. The molecule has 0 radical (unpaired) electrons. The minimum absolute atomic E-state index is 0.00158. The molecule has 30 heavy (non-hydrogen) atoms. The Morgan fingerprint density at radius 1 is 0.867 bits per heavy atom. The average Bonchev–Trinajstić information content (AvgIpc) is 3.26. The number of nitro benzene ring substituents is 1. The second-order valence-electron chi connectivity index (χ2n) is 6.74. The second-order valence-corrected chi connectivity index (χ2v) is 6.74. The Morgan fingerprint density at radius 2 is 1.57 bits per heavy atom. The van der Waals surface area contributed by atoms with Crippen LogP contribution in [0.2, 0.25) is 0 Å². The zero-order valence-corrected chi connectivity index (χ0v) is 15.9. The number of amides is 1. The highest BCUT2D eigenvalue weighted by molar-refractivity contribution is 6.03. The molecule has 1 N–H and O–H groups in total. The summed E-state index contributed by atoms with van der Waals surface area (Å²) in [4.78, 5) is 23.0. The molecule has 0 aliphatic rings. The third-order valence-electron chi connectivity index (χ3n) is 4.70. The lowest BCUT2D eigenvalue weighted by Crippen LogP contribution is -2.12. The van der Waals surface area contributed by atoms with Crippen LogP contribution in [0.5, 0.6) is 0 Å². The van der Waals surface area contributed by atoms with Gasteiger partial charge in [-0.2, -0.15) is 0 Å². The van der Waals surface area contributed by atoms with Crippen LogP contribution in [0.25, 0.3) is 11.3 Å². The van der Waals surface area contributed by atoms with Gasteiger partial charge in [0, 0.05) is 23.4 Å². The fourth-order valence-electron chi connectivity index (χ4n) is 3.16. The molecule has 0 aliphatic heterocycles. The van der Waals surface area contributed by atoms with Gasteiger partial charge < -0.3 is 9.73 Å². The molecule has 148 valence electrons. The predicted molar refractivity (Wildman–Crippen MR) is 114 cm³/mol. The number of nitrogens with one attached hydrogen (secondary N) is 1. The van der Waals surface area contributed by atoms with Crippen molar-refractivity contribution in [3.05, 3.63) is 118 Å². The molecule has 0 bridgehead atoms. The van der Waals surface area contributed by atoms with E-state index in [-0.39, 0.29) is 17.4 Å². The van der Waals surface area contributed by atoms with Crippen LogP contribution in [-0.2, 0) is 6.42 Å². The smallest absolute Gasteiger partial charge is 0.291 e. The summed E-state index contributed by atoms with van der Waals surface area (Å²) in [6.45, 7) is 0. The molecule has 6 heteroatoms. The first-order valence-corrected chi connectivity index (χ1v) is 9.38. The highest BCUT2D eigenvalue weighted by Gasteiger charge is 2.15. The molecule has 4 aromatic rings. The number of rotatable bonds is 6. The highest BCUT2D eigenvalue weighted by Crippen LogP contribution is 2.26. The van der Waals surface area contributed by atoms with E-state index in [1.807, 2.05) is 54.6 Å². The standard InChI is InChI=1S/C24H18N2O4/c27-24(23-15-14-22(30-23)18-10-12-20(13-11-18)26(28)29)25-21-9-5-4-8-19(21)16-17-6-2-1-3-7-17/h1-15H,16H2,(H,25,27). The van der Waals surface area contributed by atoms with Crippen molar-refractivity contribution in [3.8, 4) is 11.3 Å². The lowest BCUT2D eigenvalue weighted by atomic mass is 10.0. The van der Waals surface area contributed by atoms with Gasteiger partial charge in [-0.1, -0.05) is 48.5 Å². The lowest BCUT2D eigenvalue weighted by molar-refractivity contribution is -0.384. The number of nitro groups is 1.